The average molecular weight is 283 g/mol. The number of carbonyl (C=O) groups is 1. The van der Waals surface area contributed by atoms with Gasteiger partial charge < -0.3 is 9.47 Å². The lowest BCUT2D eigenvalue weighted by molar-refractivity contribution is 0.0325. The Bertz CT molecular complexity index is 303. The van der Waals surface area contributed by atoms with Crippen molar-refractivity contribution in [3.8, 4) is 0 Å². The highest BCUT2D eigenvalue weighted by Crippen LogP contribution is 2.52. The summed E-state index contributed by atoms with van der Waals surface area (Å²) in [6.07, 6.45) is -0.341. The van der Waals surface area contributed by atoms with Crippen LogP contribution in [0.15, 0.2) is 0 Å². The minimum Gasteiger partial charge on any atom is -0.443 e. The molecule has 1 saturated heterocycles. The van der Waals surface area contributed by atoms with Crippen LogP contribution in [-0.2, 0) is 13.7 Å². The average Bonchev–Trinajstić information content (AvgIpc) is 2.48. The number of rotatable bonds is 3. The minimum atomic E-state index is -3.54. The molecule has 1 aliphatic heterocycles. The van der Waals surface area contributed by atoms with Gasteiger partial charge in [-0.1, -0.05) is 0 Å². The number of amides is 1. The smallest absolute Gasteiger partial charge is 0.424 e. The number of hydrogen-bond donors (Lipinski definition) is 2. The van der Waals surface area contributed by atoms with Crippen molar-refractivity contribution in [2.24, 2.45) is 0 Å². The van der Waals surface area contributed by atoms with Gasteiger partial charge in [-0.15, -0.1) is 0 Å². The van der Waals surface area contributed by atoms with Crippen molar-refractivity contribution in [2.75, 3.05) is 20.3 Å². The van der Waals surface area contributed by atoms with E-state index in [4.69, 9.17) is 13.7 Å². The van der Waals surface area contributed by atoms with E-state index in [1.165, 1.54) is 7.11 Å². The van der Waals surface area contributed by atoms with Gasteiger partial charge >= 0.3 is 6.09 Å². The first-order valence-corrected chi connectivity index (χ1v) is 7.04. The Morgan fingerprint density at radius 2 is 2.11 bits per heavy atom. The minimum absolute atomic E-state index is 0.0605. The molecule has 0 bridgehead atoms. The Kier molecular flexibility index (Phi) is 4.84. The first-order valence-electron chi connectivity index (χ1n) is 5.61. The first-order chi connectivity index (χ1) is 8.17. The summed E-state index contributed by atoms with van der Waals surface area (Å²) in [6.45, 7) is 5.57. The first kappa shape index (κ1) is 15.5. The summed E-state index contributed by atoms with van der Waals surface area (Å²) in [5, 5.41) is 0. The molecule has 1 aliphatic rings. The summed E-state index contributed by atoms with van der Waals surface area (Å²) < 4.78 is 35.2. The maximum Gasteiger partial charge on any atom is 0.424 e. The predicted molar refractivity (Wildman–Crippen MR) is 67.2 cm³/mol. The van der Waals surface area contributed by atoms with Crippen molar-refractivity contribution in [1.82, 2.24) is 4.31 Å². The van der Waals surface area contributed by atoms with Gasteiger partial charge in [0.2, 0.25) is 0 Å². The van der Waals surface area contributed by atoms with Gasteiger partial charge in [-0.3, -0.25) is 13.3 Å². The molecule has 1 heterocycles. The summed E-state index contributed by atoms with van der Waals surface area (Å²) in [7, 11) is 1.53. The Morgan fingerprint density at radius 1 is 1.50 bits per heavy atom. The Morgan fingerprint density at radius 3 is 2.61 bits per heavy atom. The van der Waals surface area contributed by atoms with Crippen molar-refractivity contribution >= 4 is 17.1 Å². The highest BCUT2D eigenvalue weighted by molar-refractivity contribution is 8.18. The van der Waals surface area contributed by atoms with Crippen LogP contribution in [0.25, 0.3) is 0 Å². The molecule has 1 fully saturated rings. The van der Waals surface area contributed by atoms with E-state index in [0.717, 1.165) is 4.31 Å². The van der Waals surface area contributed by atoms with Gasteiger partial charge in [0.15, 0.2) is 11.1 Å². The molecule has 0 aromatic rings. The van der Waals surface area contributed by atoms with Crippen LogP contribution in [0.1, 0.15) is 27.2 Å². The summed E-state index contributed by atoms with van der Waals surface area (Å²) in [6, 6.07) is -0.454. The second-order valence-corrected chi connectivity index (χ2v) is 6.56. The summed E-state index contributed by atoms with van der Waals surface area (Å²) >= 11 is -3.54. The fraction of sp³-hybridized carbons (Fsp3) is 0.900. The quantitative estimate of drug-likeness (QED) is 0.825. The highest BCUT2D eigenvalue weighted by atomic mass is 32.3. The van der Waals surface area contributed by atoms with Crippen molar-refractivity contribution < 1.29 is 27.6 Å². The molecule has 0 radical (unpaired) electrons. The lowest BCUT2D eigenvalue weighted by Crippen LogP contribution is -2.41. The molecule has 1 atom stereocenters. The zero-order chi connectivity index (χ0) is 14.0. The van der Waals surface area contributed by atoms with Crippen LogP contribution < -0.4 is 0 Å². The van der Waals surface area contributed by atoms with Gasteiger partial charge in [0.1, 0.15) is 5.60 Å². The zero-order valence-electron chi connectivity index (χ0n) is 11.1. The summed E-state index contributed by atoms with van der Waals surface area (Å²) in [5.74, 6) is 0. The van der Waals surface area contributed by atoms with E-state index in [1.54, 1.807) is 20.8 Å². The third kappa shape index (κ3) is 3.99. The van der Waals surface area contributed by atoms with Crippen molar-refractivity contribution in [2.45, 2.75) is 38.8 Å². The van der Waals surface area contributed by atoms with E-state index in [2.05, 4.69) is 0 Å². The highest BCUT2D eigenvalue weighted by Gasteiger charge is 2.46. The zero-order valence-corrected chi connectivity index (χ0v) is 11.9. The van der Waals surface area contributed by atoms with Crippen molar-refractivity contribution in [3.05, 3.63) is 0 Å². The van der Waals surface area contributed by atoms with Gasteiger partial charge in [-0.2, -0.15) is 0 Å². The maximum atomic E-state index is 11.9. The Labute approximate surface area is 109 Å². The summed E-state index contributed by atoms with van der Waals surface area (Å²) in [5.41, 5.74) is -0.707. The van der Waals surface area contributed by atoms with Crippen LogP contribution in [0, 0.1) is 0 Å². The largest absolute Gasteiger partial charge is 0.443 e. The standard InChI is InChI=1S/C10H21NO6S/c1-10(2,3)17-9(12)11-8(5-6-15-4)7-16-18(11,13)14/h8,13-14H,5-7H2,1-4H3. The molecule has 1 unspecified atom stereocenters. The van der Waals surface area contributed by atoms with Gasteiger partial charge in [0.25, 0.3) is 0 Å². The van der Waals surface area contributed by atoms with E-state index in [0.29, 0.717) is 13.0 Å². The van der Waals surface area contributed by atoms with E-state index in [-0.39, 0.29) is 6.61 Å². The lowest BCUT2D eigenvalue weighted by atomic mass is 10.2. The topological polar surface area (TPSA) is 88.5 Å². The van der Waals surface area contributed by atoms with Gasteiger partial charge in [-0.05, 0) is 27.2 Å². The van der Waals surface area contributed by atoms with Gasteiger partial charge in [0.05, 0.1) is 12.6 Å². The molecular formula is C10H21NO6S. The second-order valence-electron chi connectivity index (χ2n) is 4.99. The SMILES string of the molecule is COCCC1COS(O)(O)N1C(=O)OC(C)(C)C. The predicted octanol–water partition coefficient (Wildman–Crippen LogP) is 2.24. The van der Waals surface area contributed by atoms with E-state index in [9.17, 15) is 13.9 Å². The summed E-state index contributed by atoms with van der Waals surface area (Å²) in [4.78, 5) is 11.9. The number of methoxy groups -OCH3 is 1. The molecule has 0 aromatic carbocycles. The molecule has 0 aromatic heterocycles. The molecule has 2 N–H and O–H groups in total. The molecule has 1 amide bonds. The molecule has 7 nitrogen and oxygen atoms in total. The molecule has 0 aliphatic carbocycles. The normalized spacial score (nSPS) is 25.0. The maximum absolute atomic E-state index is 11.9. The molecule has 108 valence electrons. The van der Waals surface area contributed by atoms with Gasteiger partial charge in [-0.25, -0.2) is 9.10 Å². The fourth-order valence-electron chi connectivity index (χ4n) is 1.50. The fourth-order valence-corrected chi connectivity index (χ4v) is 2.74. The Hall–Kier alpha value is -0.540. The van der Waals surface area contributed by atoms with E-state index >= 15 is 0 Å². The van der Waals surface area contributed by atoms with Crippen LogP contribution in [0.4, 0.5) is 4.79 Å². The molecule has 8 heteroatoms. The van der Waals surface area contributed by atoms with Crippen molar-refractivity contribution in [3.63, 3.8) is 0 Å². The monoisotopic (exact) mass is 283 g/mol. The van der Waals surface area contributed by atoms with Crippen LogP contribution >= 0.6 is 11.1 Å². The molecule has 18 heavy (non-hydrogen) atoms. The van der Waals surface area contributed by atoms with Crippen LogP contribution in [0.3, 0.4) is 0 Å². The van der Waals surface area contributed by atoms with Crippen LogP contribution in [0.5, 0.6) is 0 Å². The third-order valence-electron chi connectivity index (χ3n) is 2.24. The molecular weight excluding hydrogens is 262 g/mol. The van der Waals surface area contributed by atoms with E-state index < -0.39 is 28.8 Å². The lowest BCUT2D eigenvalue weighted by Gasteiger charge is -2.34. The van der Waals surface area contributed by atoms with Crippen LogP contribution in [0.2, 0.25) is 0 Å². The number of ether oxygens (including phenoxy) is 2. The number of nitrogens with zero attached hydrogens (tertiary/aromatic N) is 1. The molecule has 0 spiro atoms. The number of hydrogen-bond acceptors (Lipinski definition) is 6. The van der Waals surface area contributed by atoms with E-state index in [1.807, 2.05) is 0 Å². The Balaban J connectivity index is 2.75. The van der Waals surface area contributed by atoms with Gasteiger partial charge in [0, 0.05) is 13.7 Å². The van der Waals surface area contributed by atoms with Crippen LogP contribution in [-0.4, -0.2) is 51.5 Å². The molecule has 0 saturated carbocycles. The number of carbonyl (C=O) groups excluding carboxylic acids is 1. The molecule has 1 rings (SSSR count). The van der Waals surface area contributed by atoms with Crippen molar-refractivity contribution in [1.29, 1.82) is 0 Å². The third-order valence-corrected chi connectivity index (χ3v) is 3.65. The second kappa shape index (κ2) is 5.62.